The first-order chi connectivity index (χ1) is 15.4. The Hall–Kier alpha value is -3.53. The van der Waals surface area contributed by atoms with E-state index in [1.165, 1.54) is 16.4 Å². The average molecular weight is 449 g/mol. The molecule has 9 heteroatoms. The van der Waals surface area contributed by atoms with Crippen molar-refractivity contribution in [2.45, 2.75) is 17.5 Å². The molecule has 0 aliphatic carbocycles. The fraction of sp³-hybridized carbons (Fsp3) is 0.130. The summed E-state index contributed by atoms with van der Waals surface area (Å²) in [5.74, 6) is 0.0173. The first kappa shape index (κ1) is 20.4. The number of aromatic nitrogens is 2. The molecule has 2 heterocycles. The largest absolute Gasteiger partial charge is 0.394 e. The van der Waals surface area contributed by atoms with Crippen LogP contribution in [-0.2, 0) is 16.6 Å². The Bertz CT molecular complexity index is 1440. The van der Waals surface area contributed by atoms with E-state index in [0.717, 1.165) is 16.6 Å². The average Bonchev–Trinajstić information content (AvgIpc) is 3.40. The van der Waals surface area contributed by atoms with Crippen molar-refractivity contribution < 1.29 is 18.3 Å². The van der Waals surface area contributed by atoms with Crippen molar-refractivity contribution in [3.63, 3.8) is 0 Å². The highest BCUT2D eigenvalue weighted by Crippen LogP contribution is 2.37. The van der Waals surface area contributed by atoms with Gasteiger partial charge in [-0.3, -0.25) is 4.79 Å². The number of nitrogens with one attached hydrogen (secondary N) is 1. The third-order valence-corrected chi connectivity index (χ3v) is 7.63. The maximum atomic E-state index is 13.3. The molecule has 0 bridgehead atoms. The molecule has 8 nitrogen and oxygen atoms in total. The number of carbonyl (C=O) groups excluding carboxylic acids is 1. The van der Waals surface area contributed by atoms with Crippen molar-refractivity contribution in [2.75, 3.05) is 6.61 Å². The van der Waals surface area contributed by atoms with E-state index in [0.29, 0.717) is 22.5 Å². The van der Waals surface area contributed by atoms with E-state index in [4.69, 9.17) is 5.73 Å². The van der Waals surface area contributed by atoms with Crippen LogP contribution in [-0.4, -0.2) is 40.3 Å². The Morgan fingerprint density at radius 1 is 1.12 bits per heavy atom. The van der Waals surface area contributed by atoms with E-state index < -0.39 is 22.0 Å². The lowest BCUT2D eigenvalue weighted by Gasteiger charge is -2.23. The fourth-order valence-corrected chi connectivity index (χ4v) is 5.67. The van der Waals surface area contributed by atoms with Crippen LogP contribution >= 0.6 is 0 Å². The molecule has 5 rings (SSSR count). The van der Waals surface area contributed by atoms with E-state index >= 15 is 0 Å². The topological polar surface area (TPSA) is 129 Å². The van der Waals surface area contributed by atoms with Crippen LogP contribution in [0.1, 0.15) is 27.5 Å². The number of imidazole rings is 1. The molecule has 1 unspecified atom stereocenters. The molecule has 162 valence electrons. The predicted octanol–water partition coefficient (Wildman–Crippen LogP) is 2.57. The first-order valence-corrected chi connectivity index (χ1v) is 11.4. The summed E-state index contributed by atoms with van der Waals surface area (Å²) in [4.78, 5) is 19.2. The lowest BCUT2D eigenvalue weighted by atomic mass is 10.1. The zero-order chi connectivity index (χ0) is 22.5. The SMILES string of the molecule is NC(=O)c1ccc2[nH]c(-c3ccc(S(=O)(=O)N4Cc5ccccc5C4CO)cc3)nc2c1. The third kappa shape index (κ3) is 3.27. The minimum atomic E-state index is -3.82. The van der Waals surface area contributed by atoms with Crippen LogP contribution in [0.5, 0.6) is 0 Å². The number of hydrogen-bond donors (Lipinski definition) is 3. The molecule has 3 aromatic carbocycles. The predicted molar refractivity (Wildman–Crippen MR) is 119 cm³/mol. The number of primary amides is 1. The smallest absolute Gasteiger partial charge is 0.248 e. The van der Waals surface area contributed by atoms with E-state index in [2.05, 4.69) is 9.97 Å². The monoisotopic (exact) mass is 448 g/mol. The van der Waals surface area contributed by atoms with Crippen molar-refractivity contribution in [3.05, 3.63) is 83.4 Å². The van der Waals surface area contributed by atoms with E-state index in [1.807, 2.05) is 24.3 Å². The maximum Gasteiger partial charge on any atom is 0.248 e. The van der Waals surface area contributed by atoms with Gasteiger partial charge in [-0.15, -0.1) is 0 Å². The summed E-state index contributed by atoms with van der Waals surface area (Å²) in [6.45, 7) is -0.0716. The number of aromatic amines is 1. The van der Waals surface area contributed by atoms with Gasteiger partial charge in [0.15, 0.2) is 0 Å². The molecule has 32 heavy (non-hydrogen) atoms. The van der Waals surface area contributed by atoms with Crippen LogP contribution in [0.25, 0.3) is 22.4 Å². The van der Waals surface area contributed by atoms with Gasteiger partial charge in [0.2, 0.25) is 15.9 Å². The molecule has 4 N–H and O–H groups in total. The second-order valence-corrected chi connectivity index (χ2v) is 9.54. The molecular formula is C23H20N4O4S. The zero-order valence-electron chi connectivity index (χ0n) is 16.9. The Morgan fingerprint density at radius 2 is 1.88 bits per heavy atom. The number of nitrogens with two attached hydrogens (primary N) is 1. The Balaban J connectivity index is 1.46. The van der Waals surface area contributed by atoms with Crippen LogP contribution in [0, 0.1) is 0 Å². The number of aliphatic hydroxyl groups excluding tert-OH is 1. The van der Waals surface area contributed by atoms with Crippen LogP contribution in [0.15, 0.2) is 71.6 Å². The van der Waals surface area contributed by atoms with Crippen LogP contribution in [0.4, 0.5) is 0 Å². The Labute approximate surface area is 184 Å². The number of sulfonamides is 1. The molecule has 1 amide bonds. The molecule has 0 fully saturated rings. The fourth-order valence-electron chi connectivity index (χ4n) is 4.09. The number of nitrogens with zero attached hydrogens (tertiary/aromatic N) is 2. The number of benzene rings is 3. The normalized spacial score (nSPS) is 16.3. The summed E-state index contributed by atoms with van der Waals surface area (Å²) in [6, 6.07) is 18.2. The highest BCUT2D eigenvalue weighted by atomic mass is 32.2. The summed E-state index contributed by atoms with van der Waals surface area (Å²) in [5, 5.41) is 9.86. The van der Waals surface area contributed by atoms with Gasteiger partial charge in [0, 0.05) is 17.7 Å². The molecule has 4 aromatic rings. The molecular weight excluding hydrogens is 428 g/mol. The second-order valence-electron chi connectivity index (χ2n) is 7.65. The van der Waals surface area contributed by atoms with Gasteiger partial charge >= 0.3 is 0 Å². The summed E-state index contributed by atoms with van der Waals surface area (Å²) in [7, 11) is -3.82. The van der Waals surface area contributed by atoms with Crippen LogP contribution < -0.4 is 5.73 Å². The maximum absolute atomic E-state index is 13.3. The summed E-state index contributed by atoms with van der Waals surface area (Å²) in [5.41, 5.74) is 9.44. The summed E-state index contributed by atoms with van der Waals surface area (Å²) in [6.07, 6.45) is 0. The zero-order valence-corrected chi connectivity index (χ0v) is 17.7. The highest BCUT2D eigenvalue weighted by molar-refractivity contribution is 7.89. The number of amides is 1. The van der Waals surface area contributed by atoms with Crippen molar-refractivity contribution >= 4 is 27.0 Å². The van der Waals surface area contributed by atoms with Gasteiger partial charge in [-0.05, 0) is 53.6 Å². The molecule has 0 spiro atoms. The standard InChI is InChI=1S/C23H20N4O4S/c24-22(29)15-7-10-19-20(11-15)26-23(25-19)14-5-8-17(9-6-14)32(30,31)27-12-16-3-1-2-4-18(16)21(27)13-28/h1-11,21,28H,12-13H2,(H2,24,29)(H,25,26). The van der Waals surface area contributed by atoms with Crippen LogP contribution in [0.2, 0.25) is 0 Å². The summed E-state index contributed by atoms with van der Waals surface area (Å²) >= 11 is 0. The highest BCUT2D eigenvalue weighted by Gasteiger charge is 2.38. The number of rotatable bonds is 5. The summed E-state index contributed by atoms with van der Waals surface area (Å²) < 4.78 is 28.0. The molecule has 0 radical (unpaired) electrons. The molecule has 0 saturated heterocycles. The van der Waals surface area contributed by atoms with E-state index in [1.54, 1.807) is 30.3 Å². The van der Waals surface area contributed by atoms with E-state index in [9.17, 15) is 18.3 Å². The number of aliphatic hydroxyl groups is 1. The van der Waals surface area contributed by atoms with Crippen LogP contribution in [0.3, 0.4) is 0 Å². The van der Waals surface area contributed by atoms with Gasteiger partial charge in [0.05, 0.1) is 28.6 Å². The minimum absolute atomic E-state index is 0.139. The number of fused-ring (bicyclic) bond motifs is 2. The third-order valence-electron chi connectivity index (χ3n) is 5.76. The Morgan fingerprint density at radius 3 is 2.59 bits per heavy atom. The van der Waals surface area contributed by atoms with Gasteiger partial charge in [-0.25, -0.2) is 13.4 Å². The molecule has 1 aromatic heterocycles. The number of carbonyl (C=O) groups is 1. The number of hydrogen-bond acceptors (Lipinski definition) is 5. The molecule has 1 aliphatic rings. The first-order valence-electron chi connectivity index (χ1n) is 9.99. The van der Waals surface area contributed by atoms with Crippen molar-refractivity contribution in [1.29, 1.82) is 0 Å². The second kappa shape index (κ2) is 7.56. The quantitative estimate of drug-likeness (QED) is 0.432. The van der Waals surface area contributed by atoms with Gasteiger partial charge in [0.25, 0.3) is 0 Å². The molecule has 1 aliphatic heterocycles. The number of H-pyrrole nitrogens is 1. The van der Waals surface area contributed by atoms with Crippen molar-refractivity contribution in [2.24, 2.45) is 5.73 Å². The van der Waals surface area contributed by atoms with E-state index in [-0.39, 0.29) is 18.0 Å². The van der Waals surface area contributed by atoms with Gasteiger partial charge in [-0.1, -0.05) is 24.3 Å². The Kier molecular flexibility index (Phi) is 4.81. The van der Waals surface area contributed by atoms with Gasteiger partial charge in [-0.2, -0.15) is 4.31 Å². The lowest BCUT2D eigenvalue weighted by Crippen LogP contribution is -2.31. The minimum Gasteiger partial charge on any atom is -0.394 e. The van der Waals surface area contributed by atoms with Crippen molar-refractivity contribution in [3.8, 4) is 11.4 Å². The molecule has 0 saturated carbocycles. The van der Waals surface area contributed by atoms with Gasteiger partial charge < -0.3 is 15.8 Å². The van der Waals surface area contributed by atoms with Crippen molar-refractivity contribution in [1.82, 2.24) is 14.3 Å². The molecule has 1 atom stereocenters. The van der Waals surface area contributed by atoms with Gasteiger partial charge in [0.1, 0.15) is 5.82 Å². The lowest BCUT2D eigenvalue weighted by molar-refractivity contribution is 0.100.